The number of likely N-dealkylation sites (tertiary alicyclic amines) is 1. The maximum atomic E-state index is 11.7. The molecular formula is C15H26N6O2. The molecule has 1 fully saturated rings. The maximum absolute atomic E-state index is 11.7. The number of carbonyl (C=O) groups is 1. The van der Waals surface area contributed by atoms with Crippen molar-refractivity contribution in [3.63, 3.8) is 0 Å². The van der Waals surface area contributed by atoms with Gasteiger partial charge in [-0.05, 0) is 19.8 Å². The van der Waals surface area contributed by atoms with Gasteiger partial charge in [-0.3, -0.25) is 9.67 Å². The third-order valence-corrected chi connectivity index (χ3v) is 3.80. The summed E-state index contributed by atoms with van der Waals surface area (Å²) in [6.07, 6.45) is 5.35. The van der Waals surface area contributed by atoms with E-state index in [1.165, 1.54) is 0 Å². The van der Waals surface area contributed by atoms with E-state index in [1.54, 1.807) is 16.6 Å². The van der Waals surface area contributed by atoms with Gasteiger partial charge in [-0.15, -0.1) is 0 Å². The molecule has 2 rings (SSSR count). The number of aryl methyl sites for hydroxylation is 1. The Kier molecular flexibility index (Phi) is 6.25. The van der Waals surface area contributed by atoms with E-state index in [1.807, 2.05) is 26.4 Å². The van der Waals surface area contributed by atoms with Crippen LogP contribution in [0.2, 0.25) is 0 Å². The van der Waals surface area contributed by atoms with Crippen molar-refractivity contribution in [2.45, 2.75) is 32.4 Å². The zero-order chi connectivity index (χ0) is 16.7. The molecule has 2 N–H and O–H groups in total. The summed E-state index contributed by atoms with van der Waals surface area (Å²) < 4.78 is 6.81. The molecule has 0 radical (unpaired) electrons. The number of aliphatic imine (C=N–C) groups is 1. The Labute approximate surface area is 136 Å². The third-order valence-electron chi connectivity index (χ3n) is 3.80. The topological polar surface area (TPSA) is 83.8 Å². The van der Waals surface area contributed by atoms with Gasteiger partial charge in [0.1, 0.15) is 0 Å². The number of ether oxygens (including phenoxy) is 1. The van der Waals surface area contributed by atoms with Crippen LogP contribution in [-0.2, 0) is 18.3 Å². The molecule has 0 aromatic carbocycles. The highest BCUT2D eigenvalue weighted by atomic mass is 16.6. The van der Waals surface area contributed by atoms with Crippen molar-refractivity contribution in [2.75, 3.05) is 26.7 Å². The second-order valence-corrected chi connectivity index (χ2v) is 5.55. The van der Waals surface area contributed by atoms with Gasteiger partial charge in [0.05, 0.1) is 12.8 Å². The minimum Gasteiger partial charge on any atom is -0.450 e. The van der Waals surface area contributed by atoms with E-state index in [-0.39, 0.29) is 6.09 Å². The van der Waals surface area contributed by atoms with E-state index in [9.17, 15) is 4.79 Å². The first-order valence-corrected chi connectivity index (χ1v) is 7.98. The average Bonchev–Trinajstić information content (AvgIpc) is 2.97. The smallest absolute Gasteiger partial charge is 0.409 e. The molecule has 0 aliphatic carbocycles. The van der Waals surface area contributed by atoms with Gasteiger partial charge >= 0.3 is 6.09 Å². The Morgan fingerprint density at radius 2 is 2.22 bits per heavy atom. The number of guanidine groups is 1. The molecule has 128 valence electrons. The van der Waals surface area contributed by atoms with Crippen LogP contribution >= 0.6 is 0 Å². The number of hydrogen-bond acceptors (Lipinski definition) is 4. The van der Waals surface area contributed by atoms with Crippen molar-refractivity contribution in [3.05, 3.63) is 18.0 Å². The molecule has 1 aromatic rings. The molecule has 23 heavy (non-hydrogen) atoms. The number of nitrogens with zero attached hydrogens (tertiary/aromatic N) is 4. The highest BCUT2D eigenvalue weighted by molar-refractivity contribution is 5.80. The van der Waals surface area contributed by atoms with E-state index in [2.05, 4.69) is 20.7 Å². The quantitative estimate of drug-likeness (QED) is 0.630. The zero-order valence-corrected chi connectivity index (χ0v) is 14.1. The summed E-state index contributed by atoms with van der Waals surface area (Å²) in [6.45, 7) is 4.33. The van der Waals surface area contributed by atoms with E-state index in [4.69, 9.17) is 4.74 Å². The minimum absolute atomic E-state index is 0.218. The molecule has 1 aromatic heterocycles. The molecule has 1 saturated heterocycles. The summed E-state index contributed by atoms with van der Waals surface area (Å²) in [7, 11) is 3.65. The molecular weight excluding hydrogens is 296 g/mol. The summed E-state index contributed by atoms with van der Waals surface area (Å²) >= 11 is 0. The van der Waals surface area contributed by atoms with Gasteiger partial charge in [0.25, 0.3) is 0 Å². The Bertz CT molecular complexity index is 534. The minimum atomic E-state index is -0.218. The first-order chi connectivity index (χ1) is 11.1. The molecule has 1 amide bonds. The fourth-order valence-electron chi connectivity index (χ4n) is 2.56. The van der Waals surface area contributed by atoms with Crippen molar-refractivity contribution in [2.24, 2.45) is 12.0 Å². The molecule has 2 heterocycles. The summed E-state index contributed by atoms with van der Waals surface area (Å²) in [5.41, 5.74) is 1.10. The third kappa shape index (κ3) is 5.15. The average molecular weight is 322 g/mol. The van der Waals surface area contributed by atoms with Crippen molar-refractivity contribution < 1.29 is 9.53 Å². The van der Waals surface area contributed by atoms with Gasteiger partial charge in [0.2, 0.25) is 0 Å². The van der Waals surface area contributed by atoms with Crippen molar-refractivity contribution in [3.8, 4) is 0 Å². The summed E-state index contributed by atoms with van der Waals surface area (Å²) in [5.74, 6) is 0.767. The molecule has 1 aliphatic rings. The van der Waals surface area contributed by atoms with Crippen LogP contribution in [0.15, 0.2) is 17.4 Å². The second kappa shape index (κ2) is 8.40. The molecule has 0 bridgehead atoms. The van der Waals surface area contributed by atoms with Crippen LogP contribution in [0.3, 0.4) is 0 Å². The molecule has 0 spiro atoms. The Balaban J connectivity index is 1.74. The molecule has 0 saturated carbocycles. The highest BCUT2D eigenvalue weighted by Crippen LogP contribution is 2.11. The standard InChI is InChI=1S/C15H26N6O2/c1-4-23-15(22)21-7-5-13(6-8-21)19-14(16-2)17-9-12-10-18-20(3)11-12/h10-11,13H,4-9H2,1-3H3,(H2,16,17,19). The van der Waals surface area contributed by atoms with Gasteiger partial charge < -0.3 is 20.3 Å². The lowest BCUT2D eigenvalue weighted by Crippen LogP contribution is -2.49. The van der Waals surface area contributed by atoms with Crippen molar-refractivity contribution in [1.82, 2.24) is 25.3 Å². The van der Waals surface area contributed by atoms with Gasteiger partial charge in [-0.25, -0.2) is 4.79 Å². The molecule has 0 unspecified atom stereocenters. The number of hydrogen-bond donors (Lipinski definition) is 2. The number of rotatable bonds is 4. The van der Waals surface area contributed by atoms with E-state index >= 15 is 0 Å². The maximum Gasteiger partial charge on any atom is 0.409 e. The molecule has 1 aliphatic heterocycles. The first-order valence-electron chi connectivity index (χ1n) is 7.98. The Hall–Kier alpha value is -2.25. The first kappa shape index (κ1) is 17.1. The number of piperidine rings is 1. The van der Waals surface area contributed by atoms with E-state index in [0.717, 1.165) is 24.4 Å². The number of amides is 1. The van der Waals surface area contributed by atoms with Crippen LogP contribution in [0.5, 0.6) is 0 Å². The van der Waals surface area contributed by atoms with Gasteiger partial charge in [0, 0.05) is 51.5 Å². The van der Waals surface area contributed by atoms with E-state index < -0.39 is 0 Å². The molecule has 8 heteroatoms. The Morgan fingerprint density at radius 1 is 1.48 bits per heavy atom. The predicted octanol–water partition coefficient (Wildman–Crippen LogP) is 0.706. The molecule has 0 atom stereocenters. The SMILES string of the molecule is CCOC(=O)N1CCC(NC(=NC)NCc2cnn(C)c2)CC1. The monoisotopic (exact) mass is 322 g/mol. The van der Waals surface area contributed by atoms with E-state index in [0.29, 0.717) is 32.3 Å². The lowest BCUT2D eigenvalue weighted by molar-refractivity contribution is 0.0963. The lowest BCUT2D eigenvalue weighted by Gasteiger charge is -2.32. The predicted molar refractivity (Wildman–Crippen MR) is 88.2 cm³/mol. The highest BCUT2D eigenvalue weighted by Gasteiger charge is 2.23. The number of nitrogens with one attached hydrogen (secondary N) is 2. The molecule has 8 nitrogen and oxygen atoms in total. The Morgan fingerprint density at radius 3 is 2.78 bits per heavy atom. The number of carbonyl (C=O) groups excluding carboxylic acids is 1. The largest absolute Gasteiger partial charge is 0.450 e. The zero-order valence-electron chi connectivity index (χ0n) is 14.1. The van der Waals surface area contributed by atoms with Gasteiger partial charge in [0.15, 0.2) is 5.96 Å². The summed E-state index contributed by atoms with van der Waals surface area (Å²) in [4.78, 5) is 17.7. The fraction of sp³-hybridized carbons (Fsp3) is 0.667. The van der Waals surface area contributed by atoms with Gasteiger partial charge in [-0.2, -0.15) is 5.10 Å². The summed E-state index contributed by atoms with van der Waals surface area (Å²) in [5, 5.41) is 10.8. The summed E-state index contributed by atoms with van der Waals surface area (Å²) in [6, 6.07) is 0.306. The van der Waals surface area contributed by atoms with Crippen LogP contribution in [0.25, 0.3) is 0 Å². The fourth-order valence-corrected chi connectivity index (χ4v) is 2.56. The normalized spacial score (nSPS) is 16.3. The number of aromatic nitrogens is 2. The second-order valence-electron chi connectivity index (χ2n) is 5.55. The van der Waals surface area contributed by atoms with Crippen LogP contribution in [0.4, 0.5) is 4.79 Å². The van der Waals surface area contributed by atoms with Gasteiger partial charge in [-0.1, -0.05) is 0 Å². The lowest BCUT2D eigenvalue weighted by atomic mass is 10.1. The van der Waals surface area contributed by atoms with Crippen molar-refractivity contribution in [1.29, 1.82) is 0 Å². The van der Waals surface area contributed by atoms with Crippen LogP contribution in [-0.4, -0.2) is 59.5 Å². The van der Waals surface area contributed by atoms with Crippen LogP contribution < -0.4 is 10.6 Å². The van der Waals surface area contributed by atoms with Crippen LogP contribution in [0.1, 0.15) is 25.3 Å². The van der Waals surface area contributed by atoms with Crippen molar-refractivity contribution >= 4 is 12.1 Å². The van der Waals surface area contributed by atoms with Crippen LogP contribution in [0, 0.1) is 0 Å².